The molecule has 0 aromatic carbocycles. The number of hydrogen-bond acceptors (Lipinski definition) is 9. The van der Waals surface area contributed by atoms with Crippen LogP contribution in [0, 0.1) is 0 Å². The minimum Gasteiger partial charge on any atom is -0.440 e. The summed E-state index contributed by atoms with van der Waals surface area (Å²) in [7, 11) is 0. The van der Waals surface area contributed by atoms with Crippen LogP contribution in [0.4, 0.5) is 0 Å². The van der Waals surface area contributed by atoms with Gasteiger partial charge in [0.05, 0.1) is 19.4 Å². The molecule has 1 atom stereocenters. The van der Waals surface area contributed by atoms with Crippen LogP contribution in [0.15, 0.2) is 0 Å². The fourth-order valence-electron chi connectivity index (χ4n) is 1.97. The molecule has 0 rings (SSSR count). The van der Waals surface area contributed by atoms with Crippen molar-refractivity contribution >= 4 is 34.9 Å². The summed E-state index contributed by atoms with van der Waals surface area (Å²) in [6, 6.07) is 0. The molecule has 0 aliphatic rings. The molecule has 0 heterocycles. The Morgan fingerprint density at radius 2 is 1.21 bits per heavy atom. The first-order valence-corrected chi connectivity index (χ1v) is 7.03. The lowest BCUT2D eigenvalue weighted by Gasteiger charge is -2.33. The van der Waals surface area contributed by atoms with Crippen LogP contribution in [0.5, 0.6) is 0 Å². The third-order valence-corrected chi connectivity index (χ3v) is 2.96. The summed E-state index contributed by atoms with van der Waals surface area (Å²) in [6.07, 6.45) is -4.71. The highest BCUT2D eigenvalue weighted by atomic mass is 16.6. The molecule has 0 amide bonds. The first kappa shape index (κ1) is 21.7. The van der Waals surface area contributed by atoms with E-state index >= 15 is 0 Å². The Morgan fingerprint density at radius 3 is 1.50 bits per heavy atom. The SMILES string of the molecule is CC(=O)CC(=O)OC(C(=O)CC(C)=O)(C(=O)CC(C)=O)C(O)CO. The van der Waals surface area contributed by atoms with Crippen molar-refractivity contribution in [1.82, 2.24) is 0 Å². The van der Waals surface area contributed by atoms with Gasteiger partial charge < -0.3 is 14.9 Å². The van der Waals surface area contributed by atoms with Crippen molar-refractivity contribution in [3.05, 3.63) is 0 Å². The molecule has 0 aromatic rings. The highest BCUT2D eigenvalue weighted by Gasteiger charge is 2.54. The molecule has 24 heavy (non-hydrogen) atoms. The van der Waals surface area contributed by atoms with Crippen molar-refractivity contribution in [2.24, 2.45) is 0 Å². The molecular formula is C15H20O9. The first-order valence-electron chi connectivity index (χ1n) is 7.03. The zero-order chi connectivity index (χ0) is 19.1. The lowest BCUT2D eigenvalue weighted by molar-refractivity contribution is -0.188. The highest BCUT2D eigenvalue weighted by Crippen LogP contribution is 2.25. The number of esters is 1. The molecule has 134 valence electrons. The normalized spacial score (nSPS) is 12.2. The topological polar surface area (TPSA) is 152 Å². The van der Waals surface area contributed by atoms with Gasteiger partial charge in [-0.05, 0) is 20.8 Å². The average molecular weight is 344 g/mol. The van der Waals surface area contributed by atoms with Crippen LogP contribution < -0.4 is 0 Å². The number of hydrogen-bond donors (Lipinski definition) is 2. The summed E-state index contributed by atoms with van der Waals surface area (Å²) in [5, 5.41) is 19.1. The van der Waals surface area contributed by atoms with Gasteiger partial charge in [-0.2, -0.15) is 0 Å². The number of ether oxygens (including phenoxy) is 1. The smallest absolute Gasteiger partial charge is 0.314 e. The molecule has 0 saturated heterocycles. The van der Waals surface area contributed by atoms with E-state index in [-0.39, 0.29) is 0 Å². The second-order valence-electron chi connectivity index (χ2n) is 5.39. The van der Waals surface area contributed by atoms with Crippen LogP contribution in [0.1, 0.15) is 40.0 Å². The maximum absolute atomic E-state index is 12.3. The van der Waals surface area contributed by atoms with E-state index < -0.39 is 72.5 Å². The van der Waals surface area contributed by atoms with E-state index in [1.54, 1.807) is 0 Å². The van der Waals surface area contributed by atoms with Crippen LogP contribution in [-0.4, -0.2) is 63.4 Å². The fourth-order valence-corrected chi connectivity index (χ4v) is 1.97. The fraction of sp³-hybridized carbons (Fsp3) is 0.600. The van der Waals surface area contributed by atoms with Crippen molar-refractivity contribution in [2.45, 2.75) is 51.7 Å². The number of carbonyl (C=O) groups excluding carboxylic acids is 6. The monoisotopic (exact) mass is 344 g/mol. The molecule has 0 saturated carbocycles. The Bertz CT molecular complexity index is 533. The summed E-state index contributed by atoms with van der Waals surface area (Å²) >= 11 is 0. The van der Waals surface area contributed by atoms with Crippen LogP contribution in [-0.2, 0) is 33.5 Å². The van der Waals surface area contributed by atoms with Gasteiger partial charge in [0.2, 0.25) is 0 Å². The van der Waals surface area contributed by atoms with Crippen molar-refractivity contribution < 1.29 is 43.7 Å². The van der Waals surface area contributed by atoms with Crippen molar-refractivity contribution in [3.8, 4) is 0 Å². The second-order valence-corrected chi connectivity index (χ2v) is 5.39. The molecule has 0 fully saturated rings. The molecular weight excluding hydrogens is 324 g/mol. The lowest BCUT2D eigenvalue weighted by atomic mass is 9.82. The van der Waals surface area contributed by atoms with Gasteiger partial charge in [0.25, 0.3) is 5.60 Å². The van der Waals surface area contributed by atoms with Gasteiger partial charge in [-0.1, -0.05) is 0 Å². The minimum atomic E-state index is -2.92. The quantitative estimate of drug-likeness (QED) is 0.344. The first-order chi connectivity index (χ1) is 11.0. The van der Waals surface area contributed by atoms with Crippen LogP contribution in [0.3, 0.4) is 0 Å². The number of Topliss-reactive ketones (excluding diaryl/α,β-unsaturated/α-hetero) is 5. The third kappa shape index (κ3) is 5.74. The molecule has 9 heteroatoms. The van der Waals surface area contributed by atoms with Gasteiger partial charge in [-0.3, -0.25) is 28.8 Å². The molecule has 0 aromatic heterocycles. The Hall–Kier alpha value is -2.26. The molecule has 0 aliphatic carbocycles. The maximum atomic E-state index is 12.3. The van der Waals surface area contributed by atoms with Gasteiger partial charge in [0.15, 0.2) is 11.6 Å². The van der Waals surface area contributed by atoms with E-state index in [0.717, 1.165) is 20.8 Å². The van der Waals surface area contributed by atoms with Gasteiger partial charge >= 0.3 is 5.97 Å². The molecule has 0 radical (unpaired) electrons. The molecule has 0 spiro atoms. The largest absolute Gasteiger partial charge is 0.440 e. The third-order valence-electron chi connectivity index (χ3n) is 2.96. The number of rotatable bonds is 11. The van der Waals surface area contributed by atoms with Crippen LogP contribution in [0.2, 0.25) is 0 Å². The minimum absolute atomic E-state index is 0.634. The molecule has 2 N–H and O–H groups in total. The summed E-state index contributed by atoms with van der Waals surface area (Å²) in [4.78, 5) is 69.8. The van der Waals surface area contributed by atoms with Gasteiger partial charge in [-0.15, -0.1) is 0 Å². The molecule has 0 bridgehead atoms. The molecule has 9 nitrogen and oxygen atoms in total. The Morgan fingerprint density at radius 1 is 0.833 bits per heavy atom. The zero-order valence-electron chi connectivity index (χ0n) is 13.7. The van der Waals surface area contributed by atoms with E-state index in [1.807, 2.05) is 0 Å². The number of ketones is 5. The highest BCUT2D eigenvalue weighted by molar-refractivity contribution is 6.20. The van der Waals surface area contributed by atoms with E-state index in [2.05, 4.69) is 0 Å². The van der Waals surface area contributed by atoms with Gasteiger partial charge in [0.1, 0.15) is 29.9 Å². The average Bonchev–Trinajstić information content (AvgIpc) is 2.41. The summed E-state index contributed by atoms with van der Waals surface area (Å²) < 4.78 is 4.75. The number of aliphatic hydroxyl groups excluding tert-OH is 2. The van der Waals surface area contributed by atoms with Crippen LogP contribution in [0.25, 0.3) is 0 Å². The van der Waals surface area contributed by atoms with Gasteiger partial charge in [0, 0.05) is 0 Å². The summed E-state index contributed by atoms with van der Waals surface area (Å²) in [5.74, 6) is -5.87. The van der Waals surface area contributed by atoms with E-state index in [4.69, 9.17) is 9.84 Å². The lowest BCUT2D eigenvalue weighted by Crippen LogP contribution is -2.60. The Kier molecular flexibility index (Phi) is 8.28. The van der Waals surface area contributed by atoms with Crippen molar-refractivity contribution in [1.29, 1.82) is 0 Å². The molecule has 1 unspecified atom stereocenters. The standard InChI is InChI=1S/C15H20O9/c1-8(17)4-11(20)15(13(22)7-16,12(21)5-9(2)18)24-14(23)6-10(3)19/h13,16,22H,4-7H2,1-3H3. The zero-order valence-corrected chi connectivity index (χ0v) is 13.7. The number of aliphatic hydroxyl groups is 2. The Balaban J connectivity index is 6.01. The Labute approximate surface area is 138 Å². The van der Waals surface area contributed by atoms with Gasteiger partial charge in [-0.25, -0.2) is 0 Å². The van der Waals surface area contributed by atoms with Crippen molar-refractivity contribution in [3.63, 3.8) is 0 Å². The predicted molar refractivity (Wildman–Crippen MR) is 77.8 cm³/mol. The number of carbonyl (C=O) groups is 6. The van der Waals surface area contributed by atoms with E-state index in [9.17, 15) is 33.9 Å². The summed E-state index contributed by atoms with van der Waals surface area (Å²) in [6.45, 7) is 1.96. The predicted octanol–water partition coefficient (Wildman–Crippen LogP) is -1.30. The molecule has 0 aliphatic heterocycles. The maximum Gasteiger partial charge on any atom is 0.314 e. The van der Waals surface area contributed by atoms with Crippen molar-refractivity contribution in [2.75, 3.05) is 6.61 Å². The van der Waals surface area contributed by atoms with Crippen LogP contribution >= 0.6 is 0 Å². The van der Waals surface area contributed by atoms with E-state index in [0.29, 0.717) is 0 Å². The second kappa shape index (κ2) is 9.14. The van der Waals surface area contributed by atoms with E-state index in [1.165, 1.54) is 0 Å². The summed E-state index contributed by atoms with van der Waals surface area (Å²) in [5.41, 5.74) is -2.92.